The first-order chi connectivity index (χ1) is 13.4. The maximum absolute atomic E-state index is 12.2. The van der Waals surface area contributed by atoms with E-state index in [1.807, 2.05) is 0 Å². The highest BCUT2D eigenvalue weighted by Gasteiger charge is 2.18. The van der Waals surface area contributed by atoms with Crippen LogP contribution in [0.2, 0.25) is 0 Å². The Morgan fingerprint density at radius 2 is 1.68 bits per heavy atom. The van der Waals surface area contributed by atoms with Crippen LogP contribution in [-0.4, -0.2) is 24.8 Å². The van der Waals surface area contributed by atoms with Gasteiger partial charge in [0.15, 0.2) is 5.78 Å². The molecular weight excluding hydrogens is 364 g/mol. The van der Waals surface area contributed by atoms with Crippen molar-refractivity contribution in [2.45, 2.75) is 20.5 Å². The van der Waals surface area contributed by atoms with Gasteiger partial charge in [0.2, 0.25) is 5.76 Å². The Morgan fingerprint density at radius 1 is 0.964 bits per heavy atom. The van der Waals surface area contributed by atoms with Gasteiger partial charge >= 0.3 is 11.9 Å². The first kappa shape index (κ1) is 19.2. The standard InChI is InChI=1S/C21H18O7/c1-12(22)14-4-6-15(7-5-14)18-8-9-19(28-18)21(24)26-11-16-10-17(13(2)27-16)20(23)25-3/h4-10H,11H2,1-3H3. The molecule has 0 aliphatic heterocycles. The number of hydrogen-bond donors (Lipinski definition) is 0. The fourth-order valence-electron chi connectivity index (χ4n) is 2.61. The van der Waals surface area contributed by atoms with Gasteiger partial charge in [-0.3, -0.25) is 4.79 Å². The minimum atomic E-state index is -0.666. The van der Waals surface area contributed by atoms with Crippen molar-refractivity contribution in [3.8, 4) is 11.3 Å². The summed E-state index contributed by atoms with van der Waals surface area (Å²) in [5, 5.41) is 0. The topological polar surface area (TPSA) is 96.0 Å². The summed E-state index contributed by atoms with van der Waals surface area (Å²) in [7, 11) is 1.27. The number of furan rings is 2. The maximum atomic E-state index is 12.2. The number of carbonyl (C=O) groups excluding carboxylic acids is 3. The van der Waals surface area contributed by atoms with Gasteiger partial charge in [-0.2, -0.15) is 0 Å². The predicted molar refractivity (Wildman–Crippen MR) is 98.1 cm³/mol. The summed E-state index contributed by atoms with van der Waals surface area (Å²) in [6, 6.07) is 11.5. The lowest BCUT2D eigenvalue weighted by atomic mass is 10.1. The molecule has 3 rings (SSSR count). The summed E-state index contributed by atoms with van der Waals surface area (Å²) in [6.07, 6.45) is 0. The number of carbonyl (C=O) groups is 3. The van der Waals surface area contributed by atoms with Crippen molar-refractivity contribution in [2.75, 3.05) is 7.11 Å². The van der Waals surface area contributed by atoms with E-state index in [0.717, 1.165) is 5.56 Å². The van der Waals surface area contributed by atoms with E-state index in [2.05, 4.69) is 4.74 Å². The average Bonchev–Trinajstić information content (AvgIpc) is 3.32. The van der Waals surface area contributed by atoms with Crippen LogP contribution in [-0.2, 0) is 16.1 Å². The molecule has 0 amide bonds. The van der Waals surface area contributed by atoms with E-state index in [1.54, 1.807) is 37.3 Å². The summed E-state index contributed by atoms with van der Waals surface area (Å²) in [5.41, 5.74) is 1.60. The molecule has 0 bridgehead atoms. The van der Waals surface area contributed by atoms with Gasteiger partial charge in [0, 0.05) is 11.1 Å². The Kier molecular flexibility index (Phi) is 5.44. The average molecular weight is 382 g/mol. The third-order valence-electron chi connectivity index (χ3n) is 4.10. The van der Waals surface area contributed by atoms with Crippen molar-refractivity contribution in [1.29, 1.82) is 0 Å². The van der Waals surface area contributed by atoms with Crippen LogP contribution >= 0.6 is 0 Å². The van der Waals surface area contributed by atoms with Crippen LogP contribution in [0.25, 0.3) is 11.3 Å². The SMILES string of the molecule is COC(=O)c1cc(COC(=O)c2ccc(-c3ccc(C(C)=O)cc3)o2)oc1C. The number of ether oxygens (including phenoxy) is 2. The van der Waals surface area contributed by atoms with Crippen molar-refractivity contribution in [3.63, 3.8) is 0 Å². The summed E-state index contributed by atoms with van der Waals surface area (Å²) in [4.78, 5) is 35.1. The molecule has 0 saturated heterocycles. The van der Waals surface area contributed by atoms with E-state index in [4.69, 9.17) is 13.6 Å². The molecule has 28 heavy (non-hydrogen) atoms. The van der Waals surface area contributed by atoms with Crippen molar-refractivity contribution in [3.05, 3.63) is 70.9 Å². The molecule has 0 spiro atoms. The first-order valence-electron chi connectivity index (χ1n) is 8.45. The maximum Gasteiger partial charge on any atom is 0.374 e. The van der Waals surface area contributed by atoms with E-state index in [1.165, 1.54) is 26.2 Å². The molecule has 7 nitrogen and oxygen atoms in total. The van der Waals surface area contributed by atoms with Gasteiger partial charge < -0.3 is 18.3 Å². The normalized spacial score (nSPS) is 10.5. The molecule has 0 saturated carbocycles. The van der Waals surface area contributed by atoms with Gasteiger partial charge in [0.25, 0.3) is 0 Å². The summed E-state index contributed by atoms with van der Waals surface area (Å²) in [5.74, 6) is -0.0135. The van der Waals surface area contributed by atoms with E-state index >= 15 is 0 Å². The van der Waals surface area contributed by atoms with Crippen molar-refractivity contribution in [2.24, 2.45) is 0 Å². The van der Waals surface area contributed by atoms with Gasteiger partial charge in [-0.15, -0.1) is 0 Å². The van der Waals surface area contributed by atoms with Crippen molar-refractivity contribution < 1.29 is 32.7 Å². The smallest absolute Gasteiger partial charge is 0.374 e. The molecule has 0 N–H and O–H groups in total. The third-order valence-corrected chi connectivity index (χ3v) is 4.10. The van der Waals surface area contributed by atoms with Crippen LogP contribution in [0.5, 0.6) is 0 Å². The fourth-order valence-corrected chi connectivity index (χ4v) is 2.61. The molecule has 2 aromatic heterocycles. The molecule has 3 aromatic rings. The lowest BCUT2D eigenvalue weighted by Gasteiger charge is -2.01. The molecule has 0 atom stereocenters. The summed E-state index contributed by atoms with van der Waals surface area (Å²) in [6.45, 7) is 2.96. The highest BCUT2D eigenvalue weighted by Crippen LogP contribution is 2.24. The van der Waals surface area contributed by atoms with Gasteiger partial charge in [-0.05, 0) is 32.0 Å². The largest absolute Gasteiger partial charge is 0.465 e. The van der Waals surface area contributed by atoms with E-state index in [0.29, 0.717) is 22.8 Å². The molecular formula is C21H18O7. The second-order valence-corrected chi connectivity index (χ2v) is 6.05. The molecule has 0 unspecified atom stereocenters. The Morgan fingerprint density at radius 3 is 2.32 bits per heavy atom. The van der Waals surface area contributed by atoms with Crippen LogP contribution in [0.1, 0.15) is 49.7 Å². The third kappa shape index (κ3) is 4.03. The lowest BCUT2D eigenvalue weighted by molar-refractivity contribution is 0.0408. The van der Waals surface area contributed by atoms with E-state index in [9.17, 15) is 14.4 Å². The Balaban J connectivity index is 1.66. The van der Waals surface area contributed by atoms with Crippen LogP contribution in [0.3, 0.4) is 0 Å². The monoisotopic (exact) mass is 382 g/mol. The minimum Gasteiger partial charge on any atom is -0.465 e. The van der Waals surface area contributed by atoms with Crippen molar-refractivity contribution >= 4 is 17.7 Å². The Hall–Kier alpha value is -3.61. The van der Waals surface area contributed by atoms with Crippen molar-refractivity contribution in [1.82, 2.24) is 0 Å². The van der Waals surface area contributed by atoms with Crippen LogP contribution < -0.4 is 0 Å². The first-order valence-corrected chi connectivity index (χ1v) is 8.45. The van der Waals surface area contributed by atoms with Crippen LogP contribution in [0.15, 0.2) is 51.3 Å². The van der Waals surface area contributed by atoms with E-state index < -0.39 is 11.9 Å². The van der Waals surface area contributed by atoms with Gasteiger partial charge in [0.1, 0.15) is 29.5 Å². The van der Waals surface area contributed by atoms with Gasteiger partial charge in [-0.25, -0.2) is 9.59 Å². The molecule has 1 aromatic carbocycles. The van der Waals surface area contributed by atoms with Crippen LogP contribution in [0, 0.1) is 6.92 Å². The number of Topliss-reactive ketones (excluding diaryl/α,β-unsaturated/α-hetero) is 1. The quantitative estimate of drug-likeness (QED) is 0.466. The van der Waals surface area contributed by atoms with Crippen LogP contribution in [0.4, 0.5) is 0 Å². The molecule has 144 valence electrons. The number of aryl methyl sites for hydroxylation is 1. The minimum absolute atomic E-state index is 0.0289. The number of hydrogen-bond acceptors (Lipinski definition) is 7. The zero-order chi connectivity index (χ0) is 20.3. The molecule has 0 aliphatic carbocycles. The number of ketones is 1. The summed E-state index contributed by atoms with van der Waals surface area (Å²) < 4.78 is 20.8. The second-order valence-electron chi connectivity index (χ2n) is 6.05. The molecule has 7 heteroatoms. The fraction of sp³-hybridized carbons (Fsp3) is 0.190. The highest BCUT2D eigenvalue weighted by molar-refractivity contribution is 5.94. The number of methoxy groups -OCH3 is 1. The lowest BCUT2D eigenvalue weighted by Crippen LogP contribution is -2.03. The molecule has 0 radical (unpaired) electrons. The number of benzene rings is 1. The summed E-state index contributed by atoms with van der Waals surface area (Å²) >= 11 is 0. The molecule has 2 heterocycles. The van der Waals surface area contributed by atoms with E-state index in [-0.39, 0.29) is 23.7 Å². The second kappa shape index (κ2) is 7.96. The Labute approximate surface area is 160 Å². The molecule has 0 fully saturated rings. The molecule has 0 aliphatic rings. The zero-order valence-corrected chi connectivity index (χ0v) is 15.6. The predicted octanol–water partition coefficient (Wildman–Crippen LogP) is 4.19. The van der Waals surface area contributed by atoms with Gasteiger partial charge in [-0.1, -0.05) is 24.3 Å². The number of esters is 2. The van der Waals surface area contributed by atoms with Gasteiger partial charge in [0.05, 0.1) is 7.11 Å². The Bertz CT molecular complexity index is 1020. The number of rotatable bonds is 6. The zero-order valence-electron chi connectivity index (χ0n) is 15.6. The highest BCUT2D eigenvalue weighted by atomic mass is 16.6.